The van der Waals surface area contributed by atoms with E-state index in [0.717, 1.165) is 19.5 Å². The summed E-state index contributed by atoms with van der Waals surface area (Å²) >= 11 is 0. The minimum atomic E-state index is -0.500. The molecular formula is C22H17N5O3. The molecule has 2 aromatic carbocycles. The topological polar surface area (TPSA) is 94.2 Å². The maximum absolute atomic E-state index is 13.0. The summed E-state index contributed by atoms with van der Waals surface area (Å²) in [6.07, 6.45) is 3.94. The molecule has 0 amide bonds. The number of nitro groups is 1. The van der Waals surface area contributed by atoms with Gasteiger partial charge in [0, 0.05) is 31.5 Å². The van der Waals surface area contributed by atoms with Crippen LogP contribution in [-0.4, -0.2) is 26.0 Å². The molecule has 0 spiro atoms. The van der Waals surface area contributed by atoms with Crippen LogP contribution in [-0.2, 0) is 13.0 Å². The first-order valence-corrected chi connectivity index (χ1v) is 9.56. The minimum Gasteiger partial charge on any atom is -0.336 e. The fourth-order valence-electron chi connectivity index (χ4n) is 3.85. The highest BCUT2D eigenvalue weighted by atomic mass is 16.6. The van der Waals surface area contributed by atoms with Crippen molar-refractivity contribution in [1.29, 1.82) is 0 Å². The van der Waals surface area contributed by atoms with Crippen molar-refractivity contribution >= 4 is 22.5 Å². The highest BCUT2D eigenvalue weighted by Gasteiger charge is 2.20. The molecule has 8 heteroatoms. The van der Waals surface area contributed by atoms with Crippen LogP contribution >= 0.6 is 0 Å². The fraction of sp³-hybridized carbons (Fsp3) is 0.136. The number of rotatable bonds is 3. The van der Waals surface area contributed by atoms with Gasteiger partial charge in [0.25, 0.3) is 11.2 Å². The zero-order valence-electron chi connectivity index (χ0n) is 15.9. The second kappa shape index (κ2) is 7.07. The van der Waals surface area contributed by atoms with Gasteiger partial charge in [-0.25, -0.2) is 9.97 Å². The number of nitro benzene ring substituents is 1. The number of fused-ring (bicyclic) bond motifs is 2. The molecule has 0 fully saturated rings. The van der Waals surface area contributed by atoms with E-state index >= 15 is 0 Å². The van der Waals surface area contributed by atoms with Crippen molar-refractivity contribution < 1.29 is 4.92 Å². The Morgan fingerprint density at radius 2 is 1.77 bits per heavy atom. The summed E-state index contributed by atoms with van der Waals surface area (Å²) in [5.74, 6) is 0.569. The first kappa shape index (κ1) is 18.0. The summed E-state index contributed by atoms with van der Waals surface area (Å²) < 4.78 is 1.26. The highest BCUT2D eigenvalue weighted by Crippen LogP contribution is 2.24. The third-order valence-corrected chi connectivity index (χ3v) is 5.39. The molecule has 1 aliphatic rings. The molecule has 0 aliphatic carbocycles. The van der Waals surface area contributed by atoms with E-state index in [9.17, 15) is 14.9 Å². The van der Waals surface area contributed by atoms with Crippen LogP contribution in [0, 0.1) is 10.1 Å². The average Bonchev–Trinajstić information content (AvgIpc) is 2.79. The third-order valence-electron chi connectivity index (χ3n) is 5.39. The molecule has 148 valence electrons. The van der Waals surface area contributed by atoms with E-state index in [-0.39, 0.29) is 11.4 Å². The van der Waals surface area contributed by atoms with E-state index in [1.165, 1.54) is 34.2 Å². The Kier molecular flexibility index (Phi) is 4.24. The number of benzene rings is 2. The third kappa shape index (κ3) is 2.98. The van der Waals surface area contributed by atoms with Crippen molar-refractivity contribution in [2.24, 2.45) is 0 Å². The number of para-hydroxylation sites is 2. The van der Waals surface area contributed by atoms with Gasteiger partial charge in [-0.15, -0.1) is 0 Å². The zero-order valence-corrected chi connectivity index (χ0v) is 15.9. The summed E-state index contributed by atoms with van der Waals surface area (Å²) in [6.45, 7) is 1.52. The lowest BCUT2D eigenvalue weighted by Crippen LogP contribution is -2.32. The van der Waals surface area contributed by atoms with E-state index in [2.05, 4.69) is 27.0 Å². The number of hydrogen-bond donors (Lipinski definition) is 0. The summed E-state index contributed by atoms with van der Waals surface area (Å²) in [6, 6.07) is 16.2. The minimum absolute atomic E-state index is 0.136. The van der Waals surface area contributed by atoms with Crippen LogP contribution in [0.2, 0.25) is 0 Å². The molecule has 0 saturated heterocycles. The standard InChI is InChI=1S/C22H17N5O3/c28-21-17-13-23-22(25-11-9-15-5-1-2-6-16(15)14-25)24-18(17)10-12-26(21)19-7-3-4-8-20(19)27(29)30/h1-8,10,12-13H,9,11,14H2. The molecule has 5 rings (SSSR count). The molecule has 0 unspecified atom stereocenters. The number of anilines is 1. The largest absolute Gasteiger partial charge is 0.336 e. The van der Waals surface area contributed by atoms with Crippen molar-refractivity contribution in [3.05, 3.63) is 98.6 Å². The Labute approximate surface area is 171 Å². The van der Waals surface area contributed by atoms with Crippen molar-refractivity contribution in [3.63, 3.8) is 0 Å². The van der Waals surface area contributed by atoms with Gasteiger partial charge in [0.15, 0.2) is 0 Å². The molecule has 1 aliphatic heterocycles. The van der Waals surface area contributed by atoms with E-state index in [1.54, 1.807) is 24.3 Å². The normalized spacial score (nSPS) is 13.3. The maximum Gasteiger partial charge on any atom is 0.293 e. The van der Waals surface area contributed by atoms with Gasteiger partial charge >= 0.3 is 0 Å². The molecule has 0 bridgehead atoms. The molecule has 0 atom stereocenters. The Hall–Kier alpha value is -4.07. The molecular weight excluding hydrogens is 382 g/mol. The van der Waals surface area contributed by atoms with Gasteiger partial charge in [0.2, 0.25) is 5.95 Å². The average molecular weight is 399 g/mol. The Morgan fingerprint density at radius 1 is 1.00 bits per heavy atom. The van der Waals surface area contributed by atoms with Gasteiger partial charge in [0.05, 0.1) is 15.8 Å². The lowest BCUT2D eigenvalue weighted by molar-refractivity contribution is -0.384. The predicted molar refractivity (Wildman–Crippen MR) is 113 cm³/mol. The van der Waals surface area contributed by atoms with Gasteiger partial charge in [-0.2, -0.15) is 0 Å². The van der Waals surface area contributed by atoms with Gasteiger partial charge in [-0.3, -0.25) is 19.5 Å². The Balaban J connectivity index is 1.55. The van der Waals surface area contributed by atoms with E-state index in [4.69, 9.17) is 0 Å². The predicted octanol–water partition coefficient (Wildman–Crippen LogP) is 3.25. The van der Waals surface area contributed by atoms with Gasteiger partial charge < -0.3 is 4.90 Å². The molecule has 2 aromatic heterocycles. The summed E-state index contributed by atoms with van der Waals surface area (Å²) in [7, 11) is 0. The van der Waals surface area contributed by atoms with Crippen LogP contribution in [0.4, 0.5) is 11.6 Å². The van der Waals surface area contributed by atoms with Crippen LogP contribution in [0.3, 0.4) is 0 Å². The Bertz CT molecular complexity index is 1350. The number of pyridine rings is 1. The molecule has 30 heavy (non-hydrogen) atoms. The first-order chi connectivity index (χ1) is 14.6. The Morgan fingerprint density at radius 3 is 2.60 bits per heavy atom. The molecule has 4 aromatic rings. The number of nitrogens with zero attached hydrogens (tertiary/aromatic N) is 5. The van der Waals surface area contributed by atoms with Crippen molar-refractivity contribution in [3.8, 4) is 5.69 Å². The van der Waals surface area contributed by atoms with E-state index in [1.807, 2.05) is 12.1 Å². The molecule has 0 saturated carbocycles. The maximum atomic E-state index is 13.0. The summed E-state index contributed by atoms with van der Waals surface area (Å²) in [5, 5.41) is 11.7. The van der Waals surface area contributed by atoms with Crippen LogP contribution in [0.1, 0.15) is 11.1 Å². The summed E-state index contributed by atoms with van der Waals surface area (Å²) in [5.41, 5.74) is 2.78. The molecule has 3 heterocycles. The molecule has 0 N–H and O–H groups in total. The van der Waals surface area contributed by atoms with Gasteiger partial charge in [0.1, 0.15) is 5.69 Å². The SMILES string of the molecule is O=c1c2cnc(N3CCc4ccccc4C3)nc2ccn1-c1ccccc1[N+](=O)[O-]. The van der Waals surface area contributed by atoms with Gasteiger partial charge in [-0.05, 0) is 29.7 Å². The quantitative estimate of drug-likeness (QED) is 0.388. The first-order valence-electron chi connectivity index (χ1n) is 9.56. The second-order valence-electron chi connectivity index (χ2n) is 7.15. The van der Waals surface area contributed by atoms with E-state index in [0.29, 0.717) is 16.9 Å². The number of aromatic nitrogens is 3. The van der Waals surface area contributed by atoms with Crippen molar-refractivity contribution in [2.45, 2.75) is 13.0 Å². The number of hydrogen-bond acceptors (Lipinski definition) is 6. The van der Waals surface area contributed by atoms with Crippen LogP contribution in [0.5, 0.6) is 0 Å². The fourth-order valence-corrected chi connectivity index (χ4v) is 3.85. The van der Waals surface area contributed by atoms with Crippen LogP contribution in [0.25, 0.3) is 16.6 Å². The van der Waals surface area contributed by atoms with Crippen molar-refractivity contribution in [2.75, 3.05) is 11.4 Å². The highest BCUT2D eigenvalue weighted by molar-refractivity contribution is 5.78. The van der Waals surface area contributed by atoms with Gasteiger partial charge in [-0.1, -0.05) is 36.4 Å². The molecule has 0 radical (unpaired) electrons. The van der Waals surface area contributed by atoms with Crippen LogP contribution in [0.15, 0.2) is 71.8 Å². The smallest absolute Gasteiger partial charge is 0.293 e. The van der Waals surface area contributed by atoms with Crippen LogP contribution < -0.4 is 10.5 Å². The monoisotopic (exact) mass is 399 g/mol. The lowest BCUT2D eigenvalue weighted by atomic mass is 10.0. The molecule has 8 nitrogen and oxygen atoms in total. The summed E-state index contributed by atoms with van der Waals surface area (Å²) in [4.78, 5) is 34.9. The lowest BCUT2D eigenvalue weighted by Gasteiger charge is -2.28. The van der Waals surface area contributed by atoms with E-state index < -0.39 is 10.5 Å². The zero-order chi connectivity index (χ0) is 20.7. The van der Waals surface area contributed by atoms with Crippen molar-refractivity contribution in [1.82, 2.24) is 14.5 Å². The second-order valence-corrected chi connectivity index (χ2v) is 7.15.